The van der Waals surface area contributed by atoms with Gasteiger partial charge in [-0.3, -0.25) is 0 Å². The molecule has 0 unspecified atom stereocenters. The second-order valence-corrected chi connectivity index (χ2v) is 6.43. The van der Waals surface area contributed by atoms with Crippen LogP contribution < -0.4 is 10.2 Å². The number of hydrogen-bond acceptors (Lipinski definition) is 4. The lowest BCUT2D eigenvalue weighted by Gasteiger charge is -2.24. The highest BCUT2D eigenvalue weighted by molar-refractivity contribution is 7.15. The lowest BCUT2D eigenvalue weighted by atomic mass is 10.0. The summed E-state index contributed by atoms with van der Waals surface area (Å²) in [7, 11) is 2.01. The van der Waals surface area contributed by atoms with Crippen molar-refractivity contribution in [3.63, 3.8) is 0 Å². The Morgan fingerprint density at radius 1 is 1.20 bits per heavy atom. The van der Waals surface area contributed by atoms with Gasteiger partial charge >= 0.3 is 0 Å². The van der Waals surface area contributed by atoms with Crippen LogP contribution in [-0.4, -0.2) is 25.1 Å². The molecular formula is C16H31N3S. The van der Waals surface area contributed by atoms with Crippen molar-refractivity contribution in [2.45, 2.75) is 59.9 Å². The molecule has 0 aliphatic rings. The summed E-state index contributed by atoms with van der Waals surface area (Å²) in [5.41, 5.74) is 1.30. The van der Waals surface area contributed by atoms with Gasteiger partial charge < -0.3 is 10.2 Å². The molecule has 0 bridgehead atoms. The molecule has 4 heteroatoms. The smallest absolute Gasteiger partial charge is 0.185 e. The van der Waals surface area contributed by atoms with Crippen LogP contribution in [0.1, 0.15) is 57.5 Å². The first kappa shape index (κ1) is 17.4. The van der Waals surface area contributed by atoms with Crippen molar-refractivity contribution in [3.05, 3.63) is 10.6 Å². The van der Waals surface area contributed by atoms with Crippen LogP contribution in [0.3, 0.4) is 0 Å². The molecule has 1 aromatic rings. The predicted octanol–water partition coefficient (Wildman–Crippen LogP) is 4.08. The highest BCUT2D eigenvalue weighted by Crippen LogP contribution is 2.28. The molecule has 0 radical (unpaired) electrons. The second kappa shape index (κ2) is 9.35. The van der Waals surface area contributed by atoms with Crippen LogP contribution in [0.4, 0.5) is 5.13 Å². The molecule has 0 aliphatic carbocycles. The van der Waals surface area contributed by atoms with Crippen LogP contribution in [0.2, 0.25) is 0 Å². The van der Waals surface area contributed by atoms with E-state index in [0.717, 1.165) is 32.0 Å². The average Bonchev–Trinajstić information content (AvgIpc) is 2.84. The minimum Gasteiger partial charge on any atom is -0.348 e. The molecule has 0 spiro atoms. The minimum absolute atomic E-state index is 0.779. The Labute approximate surface area is 128 Å². The van der Waals surface area contributed by atoms with E-state index in [2.05, 4.69) is 37.9 Å². The van der Waals surface area contributed by atoms with Gasteiger partial charge in [0.25, 0.3) is 0 Å². The molecule has 20 heavy (non-hydrogen) atoms. The van der Waals surface area contributed by atoms with Crippen LogP contribution in [0.5, 0.6) is 0 Å². The molecule has 0 amide bonds. The maximum absolute atomic E-state index is 4.92. The summed E-state index contributed by atoms with van der Waals surface area (Å²) < 4.78 is 0. The molecule has 1 heterocycles. The van der Waals surface area contributed by atoms with Gasteiger partial charge in [-0.05, 0) is 26.3 Å². The van der Waals surface area contributed by atoms with Gasteiger partial charge in [0.05, 0.1) is 5.69 Å². The molecule has 0 aliphatic heterocycles. The number of hydrogen-bond donors (Lipinski definition) is 1. The van der Waals surface area contributed by atoms with Gasteiger partial charge in [0.2, 0.25) is 0 Å². The molecule has 0 aromatic carbocycles. The summed E-state index contributed by atoms with van der Waals surface area (Å²) >= 11 is 1.87. The molecule has 0 atom stereocenters. The first-order valence-electron chi connectivity index (χ1n) is 8.08. The Morgan fingerprint density at radius 3 is 2.40 bits per heavy atom. The number of rotatable bonds is 10. The fourth-order valence-corrected chi connectivity index (χ4v) is 3.63. The zero-order chi connectivity index (χ0) is 15.0. The molecule has 1 aromatic heterocycles. The van der Waals surface area contributed by atoms with Crippen LogP contribution in [0, 0.1) is 5.92 Å². The first-order valence-corrected chi connectivity index (χ1v) is 8.89. The molecule has 116 valence electrons. The van der Waals surface area contributed by atoms with Crippen molar-refractivity contribution in [1.82, 2.24) is 10.3 Å². The maximum atomic E-state index is 4.92. The van der Waals surface area contributed by atoms with Gasteiger partial charge in [-0.25, -0.2) is 4.98 Å². The number of nitrogens with one attached hydrogen (secondary N) is 1. The summed E-state index contributed by atoms with van der Waals surface area (Å²) in [6, 6.07) is 0. The van der Waals surface area contributed by atoms with Crippen molar-refractivity contribution in [2.75, 3.05) is 25.0 Å². The van der Waals surface area contributed by atoms with Crippen molar-refractivity contribution in [1.29, 1.82) is 0 Å². The van der Waals surface area contributed by atoms with Gasteiger partial charge in [0.15, 0.2) is 5.13 Å². The minimum atomic E-state index is 0.779. The SMILES string of the molecule is CCCc1nc(N(CC)CC(CC)CC)sc1CNC. The molecule has 3 nitrogen and oxygen atoms in total. The quantitative estimate of drug-likeness (QED) is 0.705. The van der Waals surface area contributed by atoms with Gasteiger partial charge in [-0.15, -0.1) is 11.3 Å². The van der Waals surface area contributed by atoms with Crippen LogP contribution in [0.25, 0.3) is 0 Å². The zero-order valence-electron chi connectivity index (χ0n) is 13.8. The maximum Gasteiger partial charge on any atom is 0.185 e. The van der Waals surface area contributed by atoms with Crippen molar-refractivity contribution < 1.29 is 0 Å². The number of aromatic nitrogens is 1. The molecule has 0 saturated heterocycles. The van der Waals surface area contributed by atoms with Crippen LogP contribution >= 0.6 is 11.3 Å². The Bertz CT molecular complexity index is 348. The topological polar surface area (TPSA) is 28.2 Å². The number of nitrogens with zero attached hydrogens (tertiary/aromatic N) is 2. The van der Waals surface area contributed by atoms with E-state index in [1.165, 1.54) is 35.0 Å². The highest BCUT2D eigenvalue weighted by Gasteiger charge is 2.17. The third-order valence-corrected chi connectivity index (χ3v) is 5.04. The third kappa shape index (κ3) is 4.74. The van der Waals surface area contributed by atoms with Gasteiger partial charge in [0.1, 0.15) is 0 Å². The first-order chi connectivity index (χ1) is 9.69. The largest absolute Gasteiger partial charge is 0.348 e. The van der Waals surface area contributed by atoms with Crippen molar-refractivity contribution in [2.24, 2.45) is 5.92 Å². The normalized spacial score (nSPS) is 11.3. The monoisotopic (exact) mass is 297 g/mol. The van der Waals surface area contributed by atoms with Crippen molar-refractivity contribution >= 4 is 16.5 Å². The summed E-state index contributed by atoms with van der Waals surface area (Å²) in [4.78, 5) is 8.78. The van der Waals surface area contributed by atoms with Gasteiger partial charge in [-0.2, -0.15) is 0 Å². The summed E-state index contributed by atoms with van der Waals surface area (Å²) in [5, 5.41) is 4.48. The Kier molecular flexibility index (Phi) is 8.15. The summed E-state index contributed by atoms with van der Waals surface area (Å²) in [5.74, 6) is 0.779. The number of thiazole rings is 1. The fraction of sp³-hybridized carbons (Fsp3) is 0.812. The van der Waals surface area contributed by atoms with E-state index in [4.69, 9.17) is 4.98 Å². The summed E-state index contributed by atoms with van der Waals surface area (Å²) in [6.45, 7) is 12.2. The van der Waals surface area contributed by atoms with E-state index in [9.17, 15) is 0 Å². The van der Waals surface area contributed by atoms with E-state index >= 15 is 0 Å². The lowest BCUT2D eigenvalue weighted by molar-refractivity contribution is 0.485. The van der Waals surface area contributed by atoms with Gasteiger partial charge in [0, 0.05) is 24.5 Å². The molecule has 0 fully saturated rings. The molecule has 1 N–H and O–H groups in total. The third-order valence-electron chi connectivity index (χ3n) is 3.88. The number of aryl methyl sites for hydroxylation is 1. The van der Waals surface area contributed by atoms with E-state index in [1.807, 2.05) is 18.4 Å². The highest BCUT2D eigenvalue weighted by atomic mass is 32.1. The van der Waals surface area contributed by atoms with E-state index in [-0.39, 0.29) is 0 Å². The Hall–Kier alpha value is -0.610. The predicted molar refractivity (Wildman–Crippen MR) is 90.8 cm³/mol. The van der Waals surface area contributed by atoms with E-state index in [0.29, 0.717) is 0 Å². The lowest BCUT2D eigenvalue weighted by Crippen LogP contribution is -2.28. The Balaban J connectivity index is 2.88. The molecule has 0 saturated carbocycles. The zero-order valence-corrected chi connectivity index (χ0v) is 14.6. The molecular weight excluding hydrogens is 266 g/mol. The van der Waals surface area contributed by atoms with Crippen molar-refractivity contribution in [3.8, 4) is 0 Å². The summed E-state index contributed by atoms with van der Waals surface area (Å²) in [6.07, 6.45) is 4.77. The second-order valence-electron chi connectivity index (χ2n) is 5.37. The van der Waals surface area contributed by atoms with Crippen LogP contribution in [-0.2, 0) is 13.0 Å². The number of anilines is 1. The fourth-order valence-electron chi connectivity index (χ4n) is 2.44. The van der Waals surface area contributed by atoms with Gasteiger partial charge in [-0.1, -0.05) is 40.0 Å². The average molecular weight is 298 g/mol. The molecule has 1 rings (SSSR count). The van der Waals surface area contributed by atoms with Crippen LogP contribution in [0.15, 0.2) is 0 Å². The van der Waals surface area contributed by atoms with E-state index in [1.54, 1.807) is 0 Å². The standard InChI is InChI=1S/C16H31N3S/c1-6-10-14-15(11-17-5)20-16(18-14)19(9-4)12-13(7-2)8-3/h13,17H,6-12H2,1-5H3. The van der Waals surface area contributed by atoms with E-state index < -0.39 is 0 Å². The Morgan fingerprint density at radius 2 is 1.90 bits per heavy atom.